The van der Waals surface area contributed by atoms with E-state index in [1.54, 1.807) is 7.11 Å². The number of rotatable bonds is 3. The maximum Gasteiger partial charge on any atom is 0.122 e. The van der Waals surface area contributed by atoms with Crippen LogP contribution in [0.15, 0.2) is 18.2 Å². The van der Waals surface area contributed by atoms with Gasteiger partial charge in [-0.25, -0.2) is 0 Å². The minimum Gasteiger partial charge on any atom is -0.496 e. The molecule has 0 saturated heterocycles. The van der Waals surface area contributed by atoms with Gasteiger partial charge in [-0.05, 0) is 42.9 Å². The van der Waals surface area contributed by atoms with Crippen LogP contribution in [-0.2, 0) is 0 Å². The van der Waals surface area contributed by atoms with E-state index in [-0.39, 0.29) is 18.4 Å². The Labute approximate surface area is 97.2 Å². The van der Waals surface area contributed by atoms with E-state index in [0.717, 1.165) is 5.75 Å². The lowest BCUT2D eigenvalue weighted by molar-refractivity contribution is 0.410. The average Bonchev–Trinajstić information content (AvgIpc) is 3.01. The van der Waals surface area contributed by atoms with E-state index >= 15 is 0 Å². The molecule has 1 aliphatic carbocycles. The summed E-state index contributed by atoms with van der Waals surface area (Å²) in [6.07, 6.45) is 2.55. The molecular weight excluding hydrogens is 210 g/mol. The van der Waals surface area contributed by atoms with Crippen molar-refractivity contribution in [1.82, 2.24) is 0 Å². The van der Waals surface area contributed by atoms with Crippen molar-refractivity contribution < 1.29 is 4.74 Å². The van der Waals surface area contributed by atoms with Crippen LogP contribution in [0.5, 0.6) is 5.75 Å². The highest BCUT2D eigenvalue weighted by molar-refractivity contribution is 5.85. The molecule has 1 aliphatic rings. The van der Waals surface area contributed by atoms with Crippen LogP contribution in [0.2, 0.25) is 0 Å². The van der Waals surface area contributed by atoms with Crippen LogP contribution in [0.3, 0.4) is 0 Å². The summed E-state index contributed by atoms with van der Waals surface area (Å²) in [7, 11) is 1.70. The standard InChI is InChI=1S/C12H17NO.ClH/c1-8-3-4-10(7-11(8)14-2)12(13)9-5-6-9;/h3-4,7,9,12H,5-6,13H2,1-2H3;1H/t12-;/m1./s1. The zero-order chi connectivity index (χ0) is 10.1. The van der Waals surface area contributed by atoms with Crippen LogP contribution in [0.25, 0.3) is 0 Å². The van der Waals surface area contributed by atoms with Crippen LogP contribution >= 0.6 is 12.4 Å². The van der Waals surface area contributed by atoms with E-state index in [1.165, 1.54) is 24.0 Å². The van der Waals surface area contributed by atoms with Gasteiger partial charge in [0.1, 0.15) is 5.75 Å². The van der Waals surface area contributed by atoms with Gasteiger partial charge in [-0.3, -0.25) is 0 Å². The molecule has 0 aromatic heterocycles. The van der Waals surface area contributed by atoms with Gasteiger partial charge in [0.25, 0.3) is 0 Å². The molecule has 15 heavy (non-hydrogen) atoms. The number of ether oxygens (including phenoxy) is 1. The van der Waals surface area contributed by atoms with Crippen LogP contribution in [0.4, 0.5) is 0 Å². The maximum absolute atomic E-state index is 6.12. The molecule has 0 bridgehead atoms. The van der Waals surface area contributed by atoms with Crippen LogP contribution in [-0.4, -0.2) is 7.11 Å². The summed E-state index contributed by atoms with van der Waals surface area (Å²) in [4.78, 5) is 0. The molecule has 1 aromatic rings. The molecule has 84 valence electrons. The van der Waals surface area contributed by atoms with Crippen molar-refractivity contribution in [3.63, 3.8) is 0 Å². The third-order valence-corrected chi connectivity index (χ3v) is 2.95. The highest BCUT2D eigenvalue weighted by Gasteiger charge is 2.29. The van der Waals surface area contributed by atoms with E-state index in [1.807, 2.05) is 6.92 Å². The van der Waals surface area contributed by atoms with Crippen molar-refractivity contribution in [2.75, 3.05) is 7.11 Å². The van der Waals surface area contributed by atoms with Crippen LogP contribution in [0, 0.1) is 12.8 Å². The summed E-state index contributed by atoms with van der Waals surface area (Å²) in [6, 6.07) is 6.46. The number of nitrogens with two attached hydrogens (primary N) is 1. The van der Waals surface area contributed by atoms with E-state index in [4.69, 9.17) is 10.5 Å². The minimum atomic E-state index is 0. The van der Waals surface area contributed by atoms with Crippen molar-refractivity contribution in [1.29, 1.82) is 0 Å². The summed E-state index contributed by atoms with van der Waals surface area (Å²) in [5.74, 6) is 1.64. The summed E-state index contributed by atoms with van der Waals surface area (Å²) in [5, 5.41) is 0. The number of halogens is 1. The Morgan fingerprint density at radius 1 is 1.40 bits per heavy atom. The van der Waals surface area contributed by atoms with Crippen LogP contribution < -0.4 is 10.5 Å². The lowest BCUT2D eigenvalue weighted by atomic mass is 10.0. The zero-order valence-electron chi connectivity index (χ0n) is 9.19. The van der Waals surface area contributed by atoms with Crippen molar-refractivity contribution in [3.8, 4) is 5.75 Å². The normalized spacial score (nSPS) is 16.7. The molecule has 1 aromatic carbocycles. The second-order valence-electron chi connectivity index (χ2n) is 4.09. The first-order chi connectivity index (χ1) is 6.72. The summed E-state index contributed by atoms with van der Waals surface area (Å²) >= 11 is 0. The van der Waals surface area contributed by atoms with Gasteiger partial charge in [0.2, 0.25) is 0 Å². The Morgan fingerprint density at radius 3 is 2.60 bits per heavy atom. The Kier molecular flexibility index (Phi) is 4.00. The molecule has 2 nitrogen and oxygen atoms in total. The van der Waals surface area contributed by atoms with E-state index in [0.29, 0.717) is 5.92 Å². The van der Waals surface area contributed by atoms with Crippen LogP contribution in [0.1, 0.15) is 30.0 Å². The fourth-order valence-electron chi connectivity index (χ4n) is 1.77. The Morgan fingerprint density at radius 2 is 2.07 bits per heavy atom. The van der Waals surface area contributed by atoms with Crippen molar-refractivity contribution >= 4 is 12.4 Å². The van der Waals surface area contributed by atoms with E-state index < -0.39 is 0 Å². The monoisotopic (exact) mass is 227 g/mol. The third-order valence-electron chi connectivity index (χ3n) is 2.95. The average molecular weight is 228 g/mol. The fraction of sp³-hybridized carbons (Fsp3) is 0.500. The Balaban J connectivity index is 0.00000112. The molecule has 0 spiro atoms. The second-order valence-corrected chi connectivity index (χ2v) is 4.09. The molecule has 1 atom stereocenters. The summed E-state index contributed by atoms with van der Waals surface area (Å²) < 4.78 is 5.28. The Bertz CT molecular complexity index is 336. The topological polar surface area (TPSA) is 35.2 Å². The van der Waals surface area contributed by atoms with Gasteiger partial charge < -0.3 is 10.5 Å². The first-order valence-corrected chi connectivity index (χ1v) is 5.12. The van der Waals surface area contributed by atoms with Gasteiger partial charge in [-0.2, -0.15) is 0 Å². The first kappa shape index (κ1) is 12.3. The van der Waals surface area contributed by atoms with Gasteiger partial charge in [-0.15, -0.1) is 12.4 Å². The summed E-state index contributed by atoms with van der Waals surface area (Å²) in [6.45, 7) is 2.05. The quantitative estimate of drug-likeness (QED) is 0.862. The number of methoxy groups -OCH3 is 1. The maximum atomic E-state index is 6.12. The zero-order valence-corrected chi connectivity index (χ0v) is 10.0. The molecule has 0 radical (unpaired) electrons. The SMILES string of the molecule is COc1cc([C@H](N)C2CC2)ccc1C.Cl. The van der Waals surface area contributed by atoms with Crippen molar-refractivity contribution in [2.45, 2.75) is 25.8 Å². The first-order valence-electron chi connectivity index (χ1n) is 5.12. The second kappa shape index (κ2) is 4.86. The van der Waals surface area contributed by atoms with Gasteiger partial charge in [0, 0.05) is 6.04 Å². The molecule has 0 heterocycles. The number of hydrogen-bond donors (Lipinski definition) is 1. The number of benzene rings is 1. The fourth-order valence-corrected chi connectivity index (χ4v) is 1.77. The summed E-state index contributed by atoms with van der Waals surface area (Å²) in [5.41, 5.74) is 8.49. The molecule has 1 fully saturated rings. The Hall–Kier alpha value is -0.730. The third kappa shape index (κ3) is 2.64. The molecule has 0 aliphatic heterocycles. The molecule has 1 saturated carbocycles. The largest absolute Gasteiger partial charge is 0.496 e. The highest BCUT2D eigenvalue weighted by Crippen LogP contribution is 2.40. The molecule has 3 heteroatoms. The van der Waals surface area contributed by atoms with Gasteiger partial charge in [0.05, 0.1) is 7.11 Å². The number of aryl methyl sites for hydroxylation is 1. The van der Waals surface area contributed by atoms with Gasteiger partial charge >= 0.3 is 0 Å². The van der Waals surface area contributed by atoms with Gasteiger partial charge in [0.15, 0.2) is 0 Å². The van der Waals surface area contributed by atoms with Crippen molar-refractivity contribution in [2.24, 2.45) is 11.7 Å². The predicted molar refractivity (Wildman–Crippen MR) is 64.6 cm³/mol. The molecule has 0 amide bonds. The highest BCUT2D eigenvalue weighted by atomic mass is 35.5. The van der Waals surface area contributed by atoms with E-state index in [2.05, 4.69) is 18.2 Å². The lowest BCUT2D eigenvalue weighted by Gasteiger charge is -2.13. The van der Waals surface area contributed by atoms with Crippen molar-refractivity contribution in [3.05, 3.63) is 29.3 Å². The lowest BCUT2D eigenvalue weighted by Crippen LogP contribution is -2.12. The minimum absolute atomic E-state index is 0. The molecule has 2 N–H and O–H groups in total. The molecule has 2 rings (SSSR count). The smallest absolute Gasteiger partial charge is 0.122 e. The van der Waals surface area contributed by atoms with E-state index in [9.17, 15) is 0 Å². The van der Waals surface area contributed by atoms with Gasteiger partial charge in [-0.1, -0.05) is 12.1 Å². The molecule has 0 unspecified atom stereocenters. The number of hydrogen-bond acceptors (Lipinski definition) is 2. The predicted octanol–water partition coefficient (Wildman–Crippen LogP) is 2.84. The molecular formula is C12H18ClNO.